The van der Waals surface area contributed by atoms with Gasteiger partial charge in [0.2, 0.25) is 0 Å². The van der Waals surface area contributed by atoms with Gasteiger partial charge in [-0.05, 0) is 0 Å². The first-order valence-corrected chi connectivity index (χ1v) is 13.6. The van der Waals surface area contributed by atoms with E-state index in [0.29, 0.717) is 10.7 Å². The Morgan fingerprint density at radius 2 is 2.13 bits per heavy atom. The third-order valence-electron chi connectivity index (χ3n) is 3.27. The Bertz CT molecular complexity index is 853. The number of alkyl halides is 1. The molecular weight excluding hydrogens is 511 g/mol. The molecule has 0 aliphatic rings. The van der Waals surface area contributed by atoms with E-state index in [-0.39, 0.29) is 19.8 Å². The fourth-order valence-corrected chi connectivity index (χ4v) is 6.72. The van der Waals surface area contributed by atoms with Gasteiger partial charge in [0, 0.05) is 0 Å². The van der Waals surface area contributed by atoms with Gasteiger partial charge in [-0.2, -0.15) is 0 Å². The summed E-state index contributed by atoms with van der Waals surface area (Å²) in [6.07, 6.45) is 4.20. The molecule has 2 aromatic heterocycles. The van der Waals surface area contributed by atoms with Gasteiger partial charge in [-0.1, -0.05) is 0 Å². The van der Waals surface area contributed by atoms with Crippen LogP contribution in [-0.2, 0) is 0 Å². The molecule has 0 radical (unpaired) electrons. The summed E-state index contributed by atoms with van der Waals surface area (Å²) in [5.41, 5.74) is 1.51. The summed E-state index contributed by atoms with van der Waals surface area (Å²) in [5.74, 6) is 0. The average Bonchev–Trinajstić information content (AvgIpc) is 2.54. The molecule has 0 spiro atoms. The van der Waals surface area contributed by atoms with Crippen LogP contribution in [0.4, 0.5) is 0 Å². The van der Waals surface area contributed by atoms with E-state index >= 15 is 0 Å². The van der Waals surface area contributed by atoms with Gasteiger partial charge >= 0.3 is 162 Å². The number of halogens is 3. The van der Waals surface area contributed by atoms with E-state index in [1.165, 1.54) is 17.3 Å². The molecule has 0 saturated carbocycles. The van der Waals surface area contributed by atoms with Crippen molar-refractivity contribution >= 4 is 78.4 Å². The average molecular weight is 526 g/mol. The third kappa shape index (κ3) is 4.21. The molecule has 0 fully saturated rings. The second-order valence-electron chi connectivity index (χ2n) is 4.94. The van der Waals surface area contributed by atoms with E-state index in [4.69, 9.17) is 20.4 Å². The minimum absolute atomic E-state index is 0.157. The van der Waals surface area contributed by atoms with Gasteiger partial charge in [0.1, 0.15) is 0 Å². The maximum absolute atomic E-state index is 6.07. The predicted molar refractivity (Wildman–Crippen MR) is 113 cm³/mol. The van der Waals surface area contributed by atoms with Crippen LogP contribution in [0.25, 0.3) is 21.9 Å². The molecule has 122 valence electrons. The Balaban J connectivity index is 2.17. The second kappa shape index (κ2) is 8.18. The molecule has 3 nitrogen and oxygen atoms in total. The van der Waals surface area contributed by atoms with Crippen molar-refractivity contribution in [2.24, 2.45) is 4.40 Å². The first-order chi connectivity index (χ1) is 11.2. The molecule has 1 aromatic carbocycles. The van der Waals surface area contributed by atoms with Crippen LogP contribution in [0.3, 0.4) is 0 Å². The number of hydrogen-bond donors (Lipinski definition) is 0. The van der Waals surface area contributed by atoms with E-state index in [1.54, 1.807) is 15.3 Å². The first-order valence-electron chi connectivity index (χ1n) is 7.19. The van der Waals surface area contributed by atoms with Crippen molar-refractivity contribution in [2.75, 3.05) is 4.43 Å². The molecule has 0 N–H and O–H groups in total. The number of pyridine rings is 1. The van der Waals surface area contributed by atoms with E-state index in [2.05, 4.69) is 27.8 Å². The molecule has 0 saturated heterocycles. The Morgan fingerprint density at radius 3 is 2.96 bits per heavy atom. The number of unbranched alkanes of at least 4 members (excludes halogenated alkanes) is 1. The van der Waals surface area contributed by atoms with Crippen LogP contribution in [0.1, 0.15) is 19.8 Å². The second-order valence-corrected chi connectivity index (χ2v) is 11.3. The van der Waals surface area contributed by atoms with Crippen LogP contribution >= 0.6 is 56.5 Å². The number of aromatic nitrogens is 1. The Kier molecular flexibility index (Phi) is 6.23. The zero-order valence-corrected chi connectivity index (χ0v) is 17.9. The summed E-state index contributed by atoms with van der Waals surface area (Å²) in [5, 5.41) is 3.28. The first kappa shape index (κ1) is 17.5. The fourth-order valence-electron chi connectivity index (χ4n) is 2.13. The van der Waals surface area contributed by atoms with E-state index in [9.17, 15) is 0 Å². The number of nitrogens with zero attached hydrogens (tertiary/aromatic N) is 2. The Morgan fingerprint density at radius 1 is 1.30 bits per heavy atom. The molecule has 0 bridgehead atoms. The van der Waals surface area contributed by atoms with Gasteiger partial charge < -0.3 is 0 Å². The van der Waals surface area contributed by atoms with Gasteiger partial charge in [-0.25, -0.2) is 0 Å². The summed E-state index contributed by atoms with van der Waals surface area (Å²) < 4.78 is 13.1. The number of benzene rings is 1. The van der Waals surface area contributed by atoms with Crippen LogP contribution in [0.2, 0.25) is 5.15 Å². The normalized spacial score (nSPS) is 12.6. The molecule has 23 heavy (non-hydrogen) atoms. The van der Waals surface area contributed by atoms with Crippen LogP contribution in [0.5, 0.6) is 0 Å². The van der Waals surface area contributed by atoms with Crippen LogP contribution < -0.4 is 5.36 Å². The topological polar surface area (TPSA) is 38.4 Å². The van der Waals surface area contributed by atoms with Gasteiger partial charge in [0.15, 0.2) is 0 Å². The zero-order chi connectivity index (χ0) is 16.2. The van der Waals surface area contributed by atoms with Crippen molar-refractivity contribution < 1.29 is 4.42 Å². The van der Waals surface area contributed by atoms with Crippen molar-refractivity contribution in [3.63, 3.8) is 0 Å². The Hall–Kier alpha value is -0.310. The van der Waals surface area contributed by atoms with Crippen molar-refractivity contribution in [2.45, 2.75) is 19.8 Å². The summed E-state index contributed by atoms with van der Waals surface area (Å²) in [6.45, 7) is 2.22. The van der Waals surface area contributed by atoms with Gasteiger partial charge in [0.05, 0.1) is 0 Å². The maximum atomic E-state index is 6.07. The van der Waals surface area contributed by atoms with E-state index in [0.717, 1.165) is 26.2 Å². The summed E-state index contributed by atoms with van der Waals surface area (Å²) >= 11 is 9.44. The summed E-state index contributed by atoms with van der Waals surface area (Å²) in [7, 11) is 1.72. The van der Waals surface area contributed by atoms with Crippen LogP contribution in [-0.4, -0.2) is 9.41 Å². The Labute approximate surface area is 160 Å². The molecule has 0 aliphatic heterocycles. The molecule has 3 aromatic rings. The molecular formula is C16H15BrClIN2OS. The van der Waals surface area contributed by atoms with Crippen molar-refractivity contribution in [3.8, 4) is 0 Å². The molecule has 3 rings (SSSR count). The van der Waals surface area contributed by atoms with E-state index < -0.39 is 0 Å². The molecule has 0 aliphatic carbocycles. The third-order valence-corrected chi connectivity index (χ3v) is 8.29. The summed E-state index contributed by atoms with van der Waals surface area (Å²) in [4.78, 5) is 4.12. The zero-order valence-electron chi connectivity index (χ0n) is 12.4. The van der Waals surface area contributed by atoms with Crippen molar-refractivity contribution in [1.29, 1.82) is 0 Å². The monoisotopic (exact) mass is 524 g/mol. The van der Waals surface area contributed by atoms with Crippen molar-refractivity contribution in [3.05, 3.63) is 45.4 Å². The minimum atomic E-state index is -0.157. The molecule has 0 atom stereocenters. The van der Waals surface area contributed by atoms with E-state index in [1.807, 2.05) is 24.3 Å². The number of rotatable bonds is 5. The molecule has 7 heteroatoms. The fraction of sp³-hybridized carbons (Fsp3) is 0.250. The SMILES string of the molecule is CCCC[IH]S/N=c1/c2cc(Br)ccc2oc2cnc(Cl)cc12. The van der Waals surface area contributed by atoms with Crippen LogP contribution in [0.15, 0.2) is 43.7 Å². The van der Waals surface area contributed by atoms with Crippen LogP contribution in [0, 0.1) is 0 Å². The number of fused-ring (bicyclic) bond motifs is 2. The molecule has 0 unspecified atom stereocenters. The summed E-state index contributed by atoms with van der Waals surface area (Å²) in [6, 6.07) is 7.78. The standard InChI is InChI=1S/C16H15BrClIN2OS/c1-2-3-6-19-23-21-16-11-7-10(17)4-5-13(11)22-14-9-20-15(18)8-12(14)16/h4-5,7-9,19H,2-3,6H2,1H3/b21-16-. The van der Waals surface area contributed by atoms with Gasteiger partial charge in [-0.3, -0.25) is 0 Å². The quantitative estimate of drug-likeness (QED) is 0.0971. The number of hydrogen-bond acceptors (Lipinski definition) is 4. The molecule has 0 amide bonds. The molecule has 2 heterocycles. The van der Waals surface area contributed by atoms with Gasteiger partial charge in [0.25, 0.3) is 0 Å². The van der Waals surface area contributed by atoms with Crippen molar-refractivity contribution in [1.82, 2.24) is 4.98 Å². The van der Waals surface area contributed by atoms with Gasteiger partial charge in [-0.15, -0.1) is 0 Å². The predicted octanol–water partition coefficient (Wildman–Crippen LogP) is 6.36.